The van der Waals surface area contributed by atoms with Gasteiger partial charge in [0, 0.05) is 13.1 Å². The van der Waals surface area contributed by atoms with Gasteiger partial charge in [0.25, 0.3) is 0 Å². The molecule has 1 aromatic rings. The maximum absolute atomic E-state index is 11.8. The molecule has 1 unspecified atom stereocenters. The molecule has 1 fully saturated rings. The fourth-order valence-electron chi connectivity index (χ4n) is 2.63. The van der Waals surface area contributed by atoms with E-state index in [0.717, 1.165) is 5.56 Å². The number of ether oxygens (including phenoxy) is 2. The van der Waals surface area contributed by atoms with Crippen LogP contribution in [0.1, 0.15) is 32.8 Å². The summed E-state index contributed by atoms with van der Waals surface area (Å²) in [5.41, 5.74) is 0.376. The van der Waals surface area contributed by atoms with Crippen LogP contribution in [0.3, 0.4) is 0 Å². The first-order chi connectivity index (χ1) is 11.7. The Balaban J connectivity index is 1.77. The second-order valence-corrected chi connectivity index (χ2v) is 7.23. The first-order valence-corrected chi connectivity index (χ1v) is 8.50. The predicted molar refractivity (Wildman–Crippen MR) is 92.6 cm³/mol. The summed E-state index contributed by atoms with van der Waals surface area (Å²) >= 11 is 0. The number of carbonyl (C=O) groups is 1. The lowest BCUT2D eigenvalue weighted by Crippen LogP contribution is -2.57. The first-order valence-electron chi connectivity index (χ1n) is 8.50. The van der Waals surface area contributed by atoms with Crippen LogP contribution in [0.5, 0.6) is 0 Å². The summed E-state index contributed by atoms with van der Waals surface area (Å²) in [7, 11) is 0. The van der Waals surface area contributed by atoms with Crippen LogP contribution in [-0.2, 0) is 16.1 Å². The molecule has 1 aromatic carbocycles. The molecule has 1 saturated heterocycles. The molecule has 1 heterocycles. The van der Waals surface area contributed by atoms with E-state index in [1.54, 1.807) is 25.7 Å². The summed E-state index contributed by atoms with van der Waals surface area (Å²) in [5.74, 6) is 0. The van der Waals surface area contributed by atoms with Crippen molar-refractivity contribution in [3.8, 4) is 0 Å². The Morgan fingerprint density at radius 3 is 2.64 bits per heavy atom. The smallest absolute Gasteiger partial charge is 0.407 e. The number of aliphatic hydroxyl groups is 2. The summed E-state index contributed by atoms with van der Waals surface area (Å²) in [6, 6.07) is 9.15. The number of piperidine rings is 1. The molecule has 1 amide bonds. The topological polar surface area (TPSA) is 91.3 Å². The summed E-state index contributed by atoms with van der Waals surface area (Å²) in [6.45, 7) is 6.34. The third-order valence-electron chi connectivity index (χ3n) is 3.87. The molecule has 140 valence electrons. The van der Waals surface area contributed by atoms with Crippen LogP contribution >= 0.6 is 0 Å². The molecule has 1 aliphatic rings. The van der Waals surface area contributed by atoms with Gasteiger partial charge in [-0.25, -0.2) is 4.79 Å². The zero-order valence-corrected chi connectivity index (χ0v) is 15.0. The maximum atomic E-state index is 11.8. The minimum Gasteiger partial charge on any atom is -0.444 e. The third kappa shape index (κ3) is 6.62. The molecule has 3 N–H and O–H groups in total. The lowest BCUT2D eigenvalue weighted by Gasteiger charge is -2.38. The van der Waals surface area contributed by atoms with Crippen molar-refractivity contribution in [2.45, 2.75) is 58.0 Å². The number of hydrogen-bond acceptors (Lipinski definition) is 6. The number of amides is 1. The van der Waals surface area contributed by atoms with Gasteiger partial charge in [0.1, 0.15) is 5.60 Å². The molecule has 0 aliphatic carbocycles. The van der Waals surface area contributed by atoms with Crippen molar-refractivity contribution in [1.82, 2.24) is 10.2 Å². The van der Waals surface area contributed by atoms with Gasteiger partial charge in [0.2, 0.25) is 6.41 Å². The molecular weight excluding hydrogens is 324 g/mol. The van der Waals surface area contributed by atoms with E-state index in [0.29, 0.717) is 13.0 Å². The number of hydrogen-bond donors (Lipinski definition) is 3. The number of benzene rings is 1. The molecule has 7 nitrogen and oxygen atoms in total. The zero-order chi connectivity index (χ0) is 18.4. The molecule has 7 heteroatoms. The number of rotatable bonds is 5. The highest BCUT2D eigenvalue weighted by Gasteiger charge is 2.33. The normalized spacial score (nSPS) is 23.1. The standard InChI is InChI=1S/C18H28N2O5/c1-18(2,3)25-16(22)19-14-9-10-20(11-15(14)21)17(23)24-12-13-7-5-4-6-8-13/h4-8,14-15,17,21,23H,9-12H2,1-3H3,(H,19,22)/t14-,15-,17?/m1/s1. The van der Waals surface area contributed by atoms with Gasteiger partial charge in [0.15, 0.2) is 0 Å². The SMILES string of the molecule is CC(C)(C)OC(=O)N[C@@H]1CCN(C(O)OCc2ccccc2)C[C@H]1O. The van der Waals surface area contributed by atoms with E-state index >= 15 is 0 Å². The molecule has 1 aliphatic heterocycles. The molecule has 0 bridgehead atoms. The average Bonchev–Trinajstić information content (AvgIpc) is 2.53. The van der Waals surface area contributed by atoms with Gasteiger partial charge in [-0.2, -0.15) is 0 Å². The molecule has 0 spiro atoms. The van der Waals surface area contributed by atoms with Gasteiger partial charge in [-0.3, -0.25) is 4.90 Å². The zero-order valence-electron chi connectivity index (χ0n) is 15.0. The quantitative estimate of drug-likeness (QED) is 0.695. The van der Waals surface area contributed by atoms with Crippen LogP contribution in [0.25, 0.3) is 0 Å². The number of β-amino-alcohol motifs (C(OH)–C–C–N with tert-alkyl or cyclic N) is 1. The Morgan fingerprint density at radius 2 is 2.04 bits per heavy atom. The molecule has 25 heavy (non-hydrogen) atoms. The fourth-order valence-corrected chi connectivity index (χ4v) is 2.63. The second-order valence-electron chi connectivity index (χ2n) is 7.23. The summed E-state index contributed by atoms with van der Waals surface area (Å²) < 4.78 is 10.7. The fraction of sp³-hybridized carbons (Fsp3) is 0.611. The number of nitrogens with one attached hydrogen (secondary N) is 1. The number of aliphatic hydroxyl groups excluding tert-OH is 2. The Labute approximate surface area is 148 Å². The molecule has 3 atom stereocenters. The molecule has 2 rings (SSSR count). The minimum absolute atomic E-state index is 0.205. The summed E-state index contributed by atoms with van der Waals surface area (Å²) in [6.07, 6.45) is -1.97. The summed E-state index contributed by atoms with van der Waals surface area (Å²) in [5, 5.41) is 23.1. The van der Waals surface area contributed by atoms with E-state index in [1.165, 1.54) is 0 Å². The van der Waals surface area contributed by atoms with E-state index in [1.807, 2.05) is 30.3 Å². The van der Waals surface area contributed by atoms with Gasteiger partial charge >= 0.3 is 6.09 Å². The Hall–Kier alpha value is -1.67. The Morgan fingerprint density at radius 1 is 1.36 bits per heavy atom. The largest absolute Gasteiger partial charge is 0.444 e. The van der Waals surface area contributed by atoms with Gasteiger partial charge < -0.3 is 25.0 Å². The highest BCUT2D eigenvalue weighted by molar-refractivity contribution is 5.68. The lowest BCUT2D eigenvalue weighted by atomic mass is 10.0. The van der Waals surface area contributed by atoms with E-state index in [-0.39, 0.29) is 13.2 Å². The van der Waals surface area contributed by atoms with Crippen molar-refractivity contribution < 1.29 is 24.5 Å². The van der Waals surface area contributed by atoms with Crippen LogP contribution < -0.4 is 5.32 Å². The highest BCUT2D eigenvalue weighted by atomic mass is 16.6. The number of likely N-dealkylation sites (tertiary alicyclic amines) is 1. The van der Waals surface area contributed by atoms with Crippen molar-refractivity contribution in [3.63, 3.8) is 0 Å². The van der Waals surface area contributed by atoms with E-state index in [4.69, 9.17) is 9.47 Å². The molecule has 0 aromatic heterocycles. The third-order valence-corrected chi connectivity index (χ3v) is 3.87. The minimum atomic E-state index is -1.10. The molecule has 0 radical (unpaired) electrons. The van der Waals surface area contributed by atoms with E-state index in [9.17, 15) is 15.0 Å². The van der Waals surface area contributed by atoms with E-state index in [2.05, 4.69) is 5.32 Å². The number of carbonyl (C=O) groups excluding carboxylic acids is 1. The van der Waals surface area contributed by atoms with Gasteiger partial charge in [0.05, 0.1) is 18.8 Å². The Kier molecular flexibility index (Phi) is 6.78. The van der Waals surface area contributed by atoms with Gasteiger partial charge in [-0.1, -0.05) is 30.3 Å². The number of alkyl carbamates (subject to hydrolysis) is 1. The lowest BCUT2D eigenvalue weighted by molar-refractivity contribution is -0.213. The second kappa shape index (κ2) is 8.62. The maximum Gasteiger partial charge on any atom is 0.407 e. The average molecular weight is 352 g/mol. The van der Waals surface area contributed by atoms with Crippen molar-refractivity contribution in [2.75, 3.05) is 13.1 Å². The van der Waals surface area contributed by atoms with Crippen LogP contribution in [0, 0.1) is 0 Å². The van der Waals surface area contributed by atoms with Gasteiger partial charge in [-0.05, 0) is 32.8 Å². The van der Waals surface area contributed by atoms with Crippen LogP contribution in [-0.4, -0.2) is 58.5 Å². The molecular formula is C18H28N2O5. The predicted octanol–water partition coefficient (Wildman–Crippen LogP) is 1.44. The highest BCUT2D eigenvalue weighted by Crippen LogP contribution is 2.16. The molecule has 0 saturated carbocycles. The van der Waals surface area contributed by atoms with Crippen LogP contribution in [0.15, 0.2) is 30.3 Å². The van der Waals surface area contributed by atoms with Crippen molar-refractivity contribution >= 4 is 6.09 Å². The van der Waals surface area contributed by atoms with Crippen LogP contribution in [0.2, 0.25) is 0 Å². The summed E-state index contributed by atoms with van der Waals surface area (Å²) in [4.78, 5) is 13.5. The van der Waals surface area contributed by atoms with E-state index < -0.39 is 30.3 Å². The van der Waals surface area contributed by atoms with Crippen LogP contribution in [0.4, 0.5) is 4.79 Å². The Bertz CT molecular complexity index is 546. The van der Waals surface area contributed by atoms with Crippen molar-refractivity contribution in [3.05, 3.63) is 35.9 Å². The van der Waals surface area contributed by atoms with Gasteiger partial charge in [-0.15, -0.1) is 0 Å². The van der Waals surface area contributed by atoms with Crippen molar-refractivity contribution in [1.29, 1.82) is 0 Å². The monoisotopic (exact) mass is 352 g/mol. The number of nitrogens with zero attached hydrogens (tertiary/aromatic N) is 1. The first kappa shape index (κ1) is 19.7. The van der Waals surface area contributed by atoms with Crippen molar-refractivity contribution in [2.24, 2.45) is 0 Å².